The number of hydrogen-bond donors (Lipinski definition) is 6. The quantitative estimate of drug-likeness (QED) is 0.129. The van der Waals surface area contributed by atoms with Crippen LogP contribution in [0.3, 0.4) is 0 Å². The van der Waals surface area contributed by atoms with Crippen molar-refractivity contribution in [3.63, 3.8) is 0 Å². The van der Waals surface area contributed by atoms with Crippen molar-refractivity contribution in [1.29, 1.82) is 0 Å². The number of unbranched alkanes of at least 4 members (excludes halogenated alkanes) is 13. The third-order valence-corrected chi connectivity index (χ3v) is 6.24. The molecule has 0 aliphatic rings. The molecule has 0 aromatic rings. The van der Waals surface area contributed by atoms with E-state index in [0.717, 1.165) is 12.8 Å². The topological polar surface area (TPSA) is 125 Å². The largest absolute Gasteiger partial charge is 0.394 e. The Bertz CT molecular complexity index is 401. The maximum absolute atomic E-state index is 10.2. The number of likely N-dealkylation sites (N-methyl/N-ethyl adjacent to an activating group) is 1. The van der Waals surface area contributed by atoms with Crippen molar-refractivity contribution in [3.8, 4) is 0 Å². The van der Waals surface area contributed by atoms with Crippen LogP contribution in [-0.2, 0) is 0 Å². The summed E-state index contributed by atoms with van der Waals surface area (Å²) >= 11 is 0. The molecule has 0 bridgehead atoms. The lowest BCUT2D eigenvalue weighted by Crippen LogP contribution is -2.49. The first-order chi connectivity index (χ1) is 15.3. The smallest absolute Gasteiger partial charge is 0.111 e. The summed E-state index contributed by atoms with van der Waals surface area (Å²) in [5.41, 5.74) is 0. The van der Waals surface area contributed by atoms with E-state index in [1.807, 2.05) is 0 Å². The Kier molecular flexibility index (Phi) is 21.1. The highest BCUT2D eigenvalue weighted by molar-refractivity contribution is 4.82. The van der Waals surface area contributed by atoms with E-state index >= 15 is 0 Å². The van der Waals surface area contributed by atoms with Gasteiger partial charge in [0.05, 0.1) is 18.8 Å². The van der Waals surface area contributed by atoms with Gasteiger partial charge in [0.15, 0.2) is 0 Å². The highest BCUT2D eigenvalue weighted by Crippen LogP contribution is 2.14. The molecule has 0 heterocycles. The first-order valence-electron chi connectivity index (χ1n) is 13.0. The molecule has 0 rings (SSSR count). The van der Waals surface area contributed by atoms with E-state index in [4.69, 9.17) is 5.11 Å². The van der Waals surface area contributed by atoms with E-state index in [0.29, 0.717) is 13.0 Å². The second-order valence-electron chi connectivity index (χ2n) is 9.56. The van der Waals surface area contributed by atoms with Crippen LogP contribution in [0.1, 0.15) is 103 Å². The molecule has 0 spiro atoms. The summed E-state index contributed by atoms with van der Waals surface area (Å²) in [4.78, 5) is 1.69. The normalized spacial score (nSPS) is 16.8. The first kappa shape index (κ1) is 31.7. The number of aliphatic hydroxyl groups is 6. The summed E-state index contributed by atoms with van der Waals surface area (Å²) < 4.78 is 0. The van der Waals surface area contributed by atoms with Crippen LogP contribution in [0, 0.1) is 0 Å². The average Bonchev–Trinajstić information content (AvgIpc) is 2.77. The molecule has 1 unspecified atom stereocenters. The minimum Gasteiger partial charge on any atom is -0.394 e. The van der Waals surface area contributed by atoms with Crippen molar-refractivity contribution in [1.82, 2.24) is 4.90 Å². The van der Waals surface area contributed by atoms with Gasteiger partial charge in [-0.25, -0.2) is 0 Å². The molecule has 0 saturated carbocycles. The maximum atomic E-state index is 10.2. The highest BCUT2D eigenvalue weighted by Gasteiger charge is 2.30. The predicted molar refractivity (Wildman–Crippen MR) is 130 cm³/mol. The molecule has 0 fully saturated rings. The van der Waals surface area contributed by atoms with Crippen LogP contribution in [0.5, 0.6) is 0 Å². The van der Waals surface area contributed by atoms with Crippen LogP contribution in [0.4, 0.5) is 0 Å². The zero-order valence-corrected chi connectivity index (χ0v) is 20.7. The standard InChI is InChI=1S/C25H53NO6/c1-3-4-5-6-7-8-9-10-11-12-13-14-15-16-17-21(28)18-26(2)19-22(29)24(31)25(32)23(30)20-27/h21-25,27-32H,3-20H2,1-2H3/t21?,22-,23+,24+,25+/m0/s1. The fourth-order valence-corrected chi connectivity index (χ4v) is 4.09. The highest BCUT2D eigenvalue weighted by atomic mass is 16.4. The van der Waals surface area contributed by atoms with Gasteiger partial charge in [-0.1, -0.05) is 96.8 Å². The van der Waals surface area contributed by atoms with Gasteiger partial charge in [-0.2, -0.15) is 0 Å². The lowest BCUT2D eigenvalue weighted by molar-refractivity contribution is -0.119. The summed E-state index contributed by atoms with van der Waals surface area (Å²) in [6.45, 7) is 1.97. The summed E-state index contributed by atoms with van der Waals surface area (Å²) in [5.74, 6) is 0. The van der Waals surface area contributed by atoms with Gasteiger partial charge in [-0.05, 0) is 13.5 Å². The molecular formula is C25H53NO6. The molecule has 0 aromatic heterocycles. The van der Waals surface area contributed by atoms with E-state index in [1.54, 1.807) is 11.9 Å². The van der Waals surface area contributed by atoms with Gasteiger partial charge in [-0.15, -0.1) is 0 Å². The molecule has 0 radical (unpaired) electrons. The van der Waals surface area contributed by atoms with Gasteiger partial charge in [0.2, 0.25) is 0 Å². The molecule has 0 aromatic carbocycles. The molecule has 32 heavy (non-hydrogen) atoms. The van der Waals surface area contributed by atoms with Crippen molar-refractivity contribution in [2.24, 2.45) is 0 Å². The molecule has 5 atom stereocenters. The molecular weight excluding hydrogens is 410 g/mol. The first-order valence-corrected chi connectivity index (χ1v) is 13.0. The average molecular weight is 464 g/mol. The van der Waals surface area contributed by atoms with Gasteiger partial charge >= 0.3 is 0 Å². The Morgan fingerprint density at radius 1 is 0.562 bits per heavy atom. The Balaban J connectivity index is 3.61. The molecule has 7 nitrogen and oxygen atoms in total. The fraction of sp³-hybridized carbons (Fsp3) is 1.00. The van der Waals surface area contributed by atoms with Crippen LogP contribution in [0.2, 0.25) is 0 Å². The number of rotatable bonds is 23. The minimum atomic E-state index is -1.62. The van der Waals surface area contributed by atoms with Crippen LogP contribution in [-0.4, -0.2) is 92.8 Å². The minimum absolute atomic E-state index is 0.0478. The zero-order chi connectivity index (χ0) is 24.2. The Morgan fingerprint density at radius 2 is 0.969 bits per heavy atom. The van der Waals surface area contributed by atoms with Crippen LogP contribution < -0.4 is 0 Å². The van der Waals surface area contributed by atoms with Crippen molar-refractivity contribution in [2.75, 3.05) is 26.7 Å². The Morgan fingerprint density at radius 3 is 1.41 bits per heavy atom. The molecule has 6 N–H and O–H groups in total. The molecule has 7 heteroatoms. The number of hydrogen-bond acceptors (Lipinski definition) is 7. The van der Waals surface area contributed by atoms with Crippen LogP contribution in [0.15, 0.2) is 0 Å². The van der Waals surface area contributed by atoms with E-state index in [9.17, 15) is 25.5 Å². The van der Waals surface area contributed by atoms with Crippen molar-refractivity contribution < 1.29 is 30.6 Å². The van der Waals surface area contributed by atoms with Crippen LogP contribution in [0.25, 0.3) is 0 Å². The van der Waals surface area contributed by atoms with Crippen LogP contribution >= 0.6 is 0 Å². The van der Waals surface area contributed by atoms with Gasteiger partial charge in [-0.3, -0.25) is 0 Å². The predicted octanol–water partition coefficient (Wildman–Crippen LogP) is 2.59. The van der Waals surface area contributed by atoms with Gasteiger partial charge in [0.1, 0.15) is 18.3 Å². The lowest BCUT2D eigenvalue weighted by atomic mass is 10.0. The summed E-state index contributed by atoms with van der Waals surface area (Å²) in [6, 6.07) is 0. The summed E-state index contributed by atoms with van der Waals surface area (Å²) in [6.07, 6.45) is 12.4. The van der Waals surface area contributed by atoms with E-state index in [2.05, 4.69) is 6.92 Å². The van der Waals surface area contributed by atoms with Gasteiger partial charge < -0.3 is 35.5 Å². The van der Waals surface area contributed by atoms with Gasteiger partial charge in [0, 0.05) is 13.1 Å². The molecule has 194 valence electrons. The Labute approximate surface area is 196 Å². The molecule has 0 amide bonds. The monoisotopic (exact) mass is 463 g/mol. The summed E-state index contributed by atoms with van der Waals surface area (Å²) in [5, 5.41) is 57.9. The number of aliphatic hydroxyl groups excluding tert-OH is 6. The third-order valence-electron chi connectivity index (χ3n) is 6.24. The van der Waals surface area contributed by atoms with E-state index in [1.165, 1.54) is 77.0 Å². The number of nitrogens with zero attached hydrogens (tertiary/aromatic N) is 1. The third kappa shape index (κ3) is 17.2. The fourth-order valence-electron chi connectivity index (χ4n) is 4.09. The van der Waals surface area contributed by atoms with Crippen molar-refractivity contribution >= 4 is 0 Å². The molecule has 0 aliphatic heterocycles. The Hall–Kier alpha value is -0.280. The van der Waals surface area contributed by atoms with Crippen molar-refractivity contribution in [3.05, 3.63) is 0 Å². The van der Waals surface area contributed by atoms with E-state index in [-0.39, 0.29) is 6.54 Å². The molecule has 0 aliphatic carbocycles. The SMILES string of the molecule is CCCCCCCCCCCCCCCCC(O)CN(C)C[C@H](O)[C@@H](O)[C@H](O)[C@H](O)CO. The lowest BCUT2D eigenvalue weighted by Gasteiger charge is -2.29. The van der Waals surface area contributed by atoms with E-state index < -0.39 is 37.1 Å². The summed E-state index contributed by atoms with van der Waals surface area (Å²) in [7, 11) is 1.72. The second kappa shape index (κ2) is 21.3. The maximum Gasteiger partial charge on any atom is 0.111 e. The van der Waals surface area contributed by atoms with Crippen molar-refractivity contribution in [2.45, 2.75) is 134 Å². The second-order valence-corrected chi connectivity index (χ2v) is 9.56. The van der Waals surface area contributed by atoms with Gasteiger partial charge in [0.25, 0.3) is 0 Å². The molecule has 0 saturated heterocycles. The zero-order valence-electron chi connectivity index (χ0n) is 20.7.